The zero-order valence-corrected chi connectivity index (χ0v) is 34.1. The highest BCUT2D eigenvalue weighted by molar-refractivity contribution is 5.90. The quantitative estimate of drug-likeness (QED) is 0.126. The zero-order chi connectivity index (χ0) is 41.9. The van der Waals surface area contributed by atoms with Gasteiger partial charge in [-0.25, -0.2) is 20.0 Å². The monoisotopic (exact) mass is 796 g/mol. The molecule has 0 saturated heterocycles. The Morgan fingerprint density at radius 3 is 1.88 bits per heavy atom. The second kappa shape index (κ2) is 16.7. The predicted octanol–water partition coefficient (Wildman–Crippen LogP) is 11.2. The van der Waals surface area contributed by atoms with Crippen LogP contribution in [0, 0.1) is 0 Å². The van der Waals surface area contributed by atoms with Crippen molar-refractivity contribution in [3.05, 3.63) is 203 Å². The summed E-state index contributed by atoms with van der Waals surface area (Å²) in [6.45, 7) is 8.20. The molecule has 2 aliphatic heterocycles. The SMILES string of the molecule is CCC1C=Cc2cc(C(=O)O)ccc2N1NCc1ccc(-c2ccccc2C2N(C(=O)OC(C)(C)C)N=NN2C(c2ccccc2)(c2ccccc2)c2ccccc2)cc1. The smallest absolute Gasteiger partial charge is 0.434 e. The number of carboxylic acids is 1. The Labute approximate surface area is 351 Å². The Morgan fingerprint density at radius 1 is 0.733 bits per heavy atom. The molecule has 2 unspecified atom stereocenters. The molecule has 6 aromatic carbocycles. The molecule has 0 aromatic heterocycles. The van der Waals surface area contributed by atoms with Crippen LogP contribution in [0.5, 0.6) is 0 Å². The molecule has 0 saturated carbocycles. The van der Waals surface area contributed by atoms with E-state index in [1.807, 2.05) is 111 Å². The Balaban J connectivity index is 1.19. The number of aromatic carboxylic acids is 1. The predicted molar refractivity (Wildman–Crippen MR) is 234 cm³/mol. The van der Waals surface area contributed by atoms with E-state index in [9.17, 15) is 14.7 Å². The molecular weight excluding hydrogens is 749 g/mol. The minimum Gasteiger partial charge on any atom is -0.478 e. The van der Waals surface area contributed by atoms with Crippen molar-refractivity contribution in [1.29, 1.82) is 0 Å². The van der Waals surface area contributed by atoms with Crippen LogP contribution in [0.25, 0.3) is 17.2 Å². The van der Waals surface area contributed by atoms with Gasteiger partial charge in [-0.3, -0.25) is 0 Å². The summed E-state index contributed by atoms with van der Waals surface area (Å²) < 4.78 is 6.01. The topological polar surface area (TPSA) is 110 Å². The van der Waals surface area contributed by atoms with E-state index in [1.54, 1.807) is 12.1 Å². The number of nitrogens with one attached hydrogen (secondary N) is 1. The number of benzene rings is 6. The number of nitrogens with zero attached hydrogens (tertiary/aromatic N) is 5. The molecule has 0 spiro atoms. The normalized spacial score (nSPS) is 16.2. The average molecular weight is 797 g/mol. The van der Waals surface area contributed by atoms with Gasteiger partial charge in [-0.2, -0.15) is 0 Å². The number of carboxylic acid groups (broad SMARTS) is 1. The first-order valence-electron chi connectivity index (χ1n) is 20.2. The molecule has 60 heavy (non-hydrogen) atoms. The largest absolute Gasteiger partial charge is 0.478 e. The third kappa shape index (κ3) is 7.65. The highest BCUT2D eigenvalue weighted by Crippen LogP contribution is 2.51. The van der Waals surface area contributed by atoms with Gasteiger partial charge in [-0.15, -0.1) is 5.01 Å². The van der Waals surface area contributed by atoms with Crippen molar-refractivity contribution in [3.63, 3.8) is 0 Å². The van der Waals surface area contributed by atoms with Gasteiger partial charge in [-0.05, 0) is 94.8 Å². The maximum atomic E-state index is 14.3. The molecule has 0 aliphatic carbocycles. The first-order valence-corrected chi connectivity index (χ1v) is 20.2. The van der Waals surface area contributed by atoms with Crippen molar-refractivity contribution in [2.75, 3.05) is 5.01 Å². The summed E-state index contributed by atoms with van der Waals surface area (Å²) in [6.07, 6.45) is 3.53. The third-order valence-corrected chi connectivity index (χ3v) is 10.9. The van der Waals surface area contributed by atoms with E-state index in [-0.39, 0.29) is 11.6 Å². The molecule has 2 atom stereocenters. The van der Waals surface area contributed by atoms with E-state index in [4.69, 9.17) is 9.96 Å². The lowest BCUT2D eigenvalue weighted by Crippen LogP contribution is -2.49. The molecule has 2 aliphatic rings. The fraction of sp³-hybridized carbons (Fsp3) is 0.200. The average Bonchev–Trinajstić information content (AvgIpc) is 3.72. The number of hydrogen-bond donors (Lipinski definition) is 2. The summed E-state index contributed by atoms with van der Waals surface area (Å²) >= 11 is 0. The van der Waals surface area contributed by atoms with Crippen molar-refractivity contribution in [3.8, 4) is 11.1 Å². The van der Waals surface area contributed by atoms with Crippen molar-refractivity contribution in [2.45, 2.75) is 64.0 Å². The number of fused-ring (bicyclic) bond motifs is 1. The number of carbonyl (C=O) groups excluding carboxylic acids is 1. The Morgan fingerprint density at radius 2 is 1.32 bits per heavy atom. The van der Waals surface area contributed by atoms with Crippen LogP contribution in [0.3, 0.4) is 0 Å². The summed E-state index contributed by atoms with van der Waals surface area (Å²) in [7, 11) is 0. The van der Waals surface area contributed by atoms with Gasteiger partial charge in [-0.1, -0.05) is 159 Å². The lowest BCUT2D eigenvalue weighted by molar-refractivity contribution is -0.00518. The third-order valence-electron chi connectivity index (χ3n) is 10.9. The van der Waals surface area contributed by atoms with Crippen LogP contribution < -0.4 is 10.4 Å². The number of carbonyl (C=O) groups is 2. The van der Waals surface area contributed by atoms with Gasteiger partial charge in [0.2, 0.25) is 0 Å². The van der Waals surface area contributed by atoms with Gasteiger partial charge in [0.25, 0.3) is 0 Å². The molecule has 6 aromatic rings. The molecule has 1 amide bonds. The second-order valence-electron chi connectivity index (χ2n) is 15.9. The Hall–Kier alpha value is -7.04. The highest BCUT2D eigenvalue weighted by Gasteiger charge is 2.52. The van der Waals surface area contributed by atoms with E-state index in [0.29, 0.717) is 6.54 Å². The van der Waals surface area contributed by atoms with Crippen molar-refractivity contribution >= 4 is 23.8 Å². The van der Waals surface area contributed by atoms with E-state index in [2.05, 4.69) is 95.4 Å². The number of hydrazine groups is 1. The fourth-order valence-corrected chi connectivity index (χ4v) is 8.19. The molecule has 0 radical (unpaired) electrons. The Kier molecular flexibility index (Phi) is 11.1. The fourth-order valence-electron chi connectivity index (χ4n) is 8.19. The highest BCUT2D eigenvalue weighted by atomic mass is 16.6. The molecule has 10 nitrogen and oxygen atoms in total. The lowest BCUT2D eigenvalue weighted by Gasteiger charge is -2.45. The number of hydrogen-bond acceptors (Lipinski definition) is 8. The van der Waals surface area contributed by atoms with Crippen molar-refractivity contribution in [2.24, 2.45) is 10.4 Å². The van der Waals surface area contributed by atoms with Crippen LogP contribution in [-0.4, -0.2) is 38.8 Å². The molecule has 0 fully saturated rings. The number of anilines is 1. The first-order chi connectivity index (χ1) is 29.1. The number of amides is 1. The maximum absolute atomic E-state index is 14.3. The standard InChI is InChI=1S/C50H48N6O4/c1-5-42-31-29-37-33-38(47(57)58)30-32-45(37)54(42)51-34-35-25-27-36(28-26-35)43-23-15-16-24-44(43)46-55(48(59)60-49(2,3)4)52-53-56(46)50(39-17-9-6-10-18-39,40-19-11-7-12-20-40)41-21-13-8-14-22-41/h6-33,42,46,51H,5,34H2,1-4H3,(H,57,58). The summed E-state index contributed by atoms with van der Waals surface area (Å²) in [6, 6.07) is 52.5. The molecule has 302 valence electrons. The molecule has 10 heteroatoms. The van der Waals surface area contributed by atoms with Crippen LogP contribution in [0.4, 0.5) is 10.5 Å². The summed E-state index contributed by atoms with van der Waals surface area (Å²) in [4.78, 5) is 25.9. The molecule has 0 bridgehead atoms. The molecule has 2 N–H and O–H groups in total. The molecular formula is C50H48N6O4. The van der Waals surface area contributed by atoms with Gasteiger partial charge < -0.3 is 14.9 Å². The Bertz CT molecular complexity index is 2420. The molecule has 8 rings (SSSR count). The van der Waals surface area contributed by atoms with Gasteiger partial charge in [0.1, 0.15) is 11.1 Å². The van der Waals surface area contributed by atoms with Crippen molar-refractivity contribution < 1.29 is 19.4 Å². The van der Waals surface area contributed by atoms with Crippen LogP contribution >= 0.6 is 0 Å². The van der Waals surface area contributed by atoms with Crippen LogP contribution in [0.15, 0.2) is 174 Å². The summed E-state index contributed by atoms with van der Waals surface area (Å²) in [5.74, 6) is -0.949. The minimum atomic E-state index is -1.04. The summed E-state index contributed by atoms with van der Waals surface area (Å²) in [5.41, 5.74) is 10.4. The zero-order valence-electron chi connectivity index (χ0n) is 34.1. The van der Waals surface area contributed by atoms with Crippen LogP contribution in [0.2, 0.25) is 0 Å². The number of ether oxygens (including phenoxy) is 1. The van der Waals surface area contributed by atoms with Crippen molar-refractivity contribution in [1.82, 2.24) is 15.4 Å². The maximum Gasteiger partial charge on any atom is 0.434 e. The van der Waals surface area contributed by atoms with Gasteiger partial charge in [0, 0.05) is 12.1 Å². The van der Waals surface area contributed by atoms with E-state index < -0.39 is 29.4 Å². The first kappa shape index (κ1) is 39.8. The van der Waals surface area contributed by atoms with E-state index in [1.165, 1.54) is 5.01 Å². The van der Waals surface area contributed by atoms with E-state index in [0.717, 1.165) is 56.6 Å². The van der Waals surface area contributed by atoms with Gasteiger partial charge >= 0.3 is 12.1 Å². The lowest BCUT2D eigenvalue weighted by atomic mass is 9.75. The van der Waals surface area contributed by atoms with Gasteiger partial charge in [0.15, 0.2) is 6.17 Å². The van der Waals surface area contributed by atoms with Crippen LogP contribution in [0.1, 0.15) is 84.0 Å². The van der Waals surface area contributed by atoms with Gasteiger partial charge in [0.05, 0.1) is 17.3 Å². The van der Waals surface area contributed by atoms with Crippen LogP contribution in [-0.2, 0) is 16.8 Å². The number of rotatable bonds is 11. The minimum absolute atomic E-state index is 0.104. The summed E-state index contributed by atoms with van der Waals surface area (Å²) in [5, 5.41) is 24.5. The second-order valence-corrected chi connectivity index (χ2v) is 15.9. The van der Waals surface area contributed by atoms with E-state index >= 15 is 0 Å². The molecule has 2 heterocycles.